The molecule has 1 fully saturated rings. The lowest BCUT2D eigenvalue weighted by Crippen LogP contribution is -2.11. The van der Waals surface area contributed by atoms with Crippen molar-refractivity contribution in [3.8, 4) is 17.0 Å². The van der Waals surface area contributed by atoms with Gasteiger partial charge in [0.05, 0.1) is 13.7 Å². The number of hydrogen-bond acceptors (Lipinski definition) is 3. The van der Waals surface area contributed by atoms with E-state index in [1.54, 1.807) is 22.9 Å². The maximum absolute atomic E-state index is 14.5. The Labute approximate surface area is 189 Å². The normalized spacial score (nSPS) is 17.3. The van der Waals surface area contributed by atoms with Crippen LogP contribution in [-0.2, 0) is 6.54 Å². The van der Waals surface area contributed by atoms with Crippen molar-refractivity contribution in [2.75, 3.05) is 7.11 Å². The Kier molecular flexibility index (Phi) is 5.12. The van der Waals surface area contributed by atoms with Crippen LogP contribution in [0.5, 0.6) is 5.88 Å². The molecule has 33 heavy (non-hydrogen) atoms. The summed E-state index contributed by atoms with van der Waals surface area (Å²) < 4.78 is 35.0. The lowest BCUT2D eigenvalue weighted by Gasteiger charge is -2.11. The number of carbonyl (C=O) groups is 1. The molecule has 0 unspecified atom stereocenters. The molecule has 2 aromatic carbocycles. The first-order chi connectivity index (χ1) is 15.9. The average molecular weight is 448 g/mol. The fraction of sp³-hybridized carbons (Fsp3) is 0.231. The second-order valence-corrected chi connectivity index (χ2v) is 8.51. The van der Waals surface area contributed by atoms with Crippen molar-refractivity contribution < 1.29 is 23.4 Å². The Morgan fingerprint density at radius 3 is 2.67 bits per heavy atom. The zero-order valence-corrected chi connectivity index (χ0v) is 18.2. The second kappa shape index (κ2) is 7.99. The van der Waals surface area contributed by atoms with Crippen molar-refractivity contribution in [3.05, 3.63) is 83.2 Å². The fourth-order valence-electron chi connectivity index (χ4n) is 4.61. The number of pyridine rings is 1. The maximum atomic E-state index is 14.5. The van der Waals surface area contributed by atoms with E-state index in [0.717, 1.165) is 23.4 Å². The molecule has 2 aromatic heterocycles. The molecule has 1 aliphatic carbocycles. The third kappa shape index (κ3) is 3.63. The standard InChI is InChI=1S/C26H22F2N2O3/c1-14-10-19(14)15-6-8-22-20(11-15)23(18-4-3-9-29-25(18)33-2)24(26(31)32)30(22)13-16-5-7-17(27)12-21(16)28/h3-9,11-12,14,19H,10,13H2,1-2H3,(H,31,32)/t14-,19+/m0/s1. The molecule has 1 aliphatic rings. The molecule has 2 atom stereocenters. The molecule has 0 aliphatic heterocycles. The van der Waals surface area contributed by atoms with Gasteiger partial charge in [-0.25, -0.2) is 18.6 Å². The van der Waals surface area contributed by atoms with Crippen LogP contribution in [-0.4, -0.2) is 27.7 Å². The van der Waals surface area contributed by atoms with Gasteiger partial charge in [-0.05, 0) is 54.2 Å². The Morgan fingerprint density at radius 2 is 2.00 bits per heavy atom. The molecule has 0 bridgehead atoms. The summed E-state index contributed by atoms with van der Waals surface area (Å²) in [6.07, 6.45) is 2.66. The molecule has 4 aromatic rings. The van der Waals surface area contributed by atoms with E-state index in [1.165, 1.54) is 19.2 Å². The first kappa shape index (κ1) is 21.1. The summed E-state index contributed by atoms with van der Waals surface area (Å²) >= 11 is 0. The van der Waals surface area contributed by atoms with Gasteiger partial charge in [-0.15, -0.1) is 0 Å². The Balaban J connectivity index is 1.81. The van der Waals surface area contributed by atoms with E-state index in [2.05, 4.69) is 11.9 Å². The first-order valence-corrected chi connectivity index (χ1v) is 10.7. The molecule has 0 radical (unpaired) electrons. The Morgan fingerprint density at radius 1 is 1.21 bits per heavy atom. The number of rotatable bonds is 6. The monoisotopic (exact) mass is 448 g/mol. The summed E-state index contributed by atoms with van der Waals surface area (Å²) in [5.41, 5.74) is 3.00. The van der Waals surface area contributed by atoms with Gasteiger partial charge in [-0.2, -0.15) is 0 Å². The van der Waals surface area contributed by atoms with Crippen molar-refractivity contribution in [1.82, 2.24) is 9.55 Å². The molecule has 1 N–H and O–H groups in total. The van der Waals surface area contributed by atoms with Gasteiger partial charge in [0.25, 0.3) is 0 Å². The summed E-state index contributed by atoms with van der Waals surface area (Å²) in [6.45, 7) is 2.12. The lowest BCUT2D eigenvalue weighted by atomic mass is 9.99. The van der Waals surface area contributed by atoms with Crippen LogP contribution in [0.25, 0.3) is 22.0 Å². The third-order valence-corrected chi connectivity index (χ3v) is 6.41. The van der Waals surface area contributed by atoms with Gasteiger partial charge in [0.15, 0.2) is 0 Å². The van der Waals surface area contributed by atoms with E-state index < -0.39 is 17.6 Å². The highest BCUT2D eigenvalue weighted by molar-refractivity contribution is 6.09. The largest absolute Gasteiger partial charge is 0.481 e. The molecular weight excluding hydrogens is 426 g/mol. The number of nitrogens with zero attached hydrogens (tertiary/aromatic N) is 2. The highest BCUT2D eigenvalue weighted by Crippen LogP contribution is 2.49. The van der Waals surface area contributed by atoms with Crippen molar-refractivity contribution in [2.45, 2.75) is 25.8 Å². The van der Waals surface area contributed by atoms with Crippen LogP contribution < -0.4 is 4.74 Å². The Hall–Kier alpha value is -3.74. The highest BCUT2D eigenvalue weighted by atomic mass is 19.1. The van der Waals surface area contributed by atoms with Gasteiger partial charge in [-0.3, -0.25) is 0 Å². The van der Waals surface area contributed by atoms with Gasteiger partial charge in [0, 0.05) is 39.9 Å². The number of hydrogen-bond donors (Lipinski definition) is 1. The summed E-state index contributed by atoms with van der Waals surface area (Å²) in [5.74, 6) is -1.25. The van der Waals surface area contributed by atoms with Gasteiger partial charge in [-0.1, -0.05) is 19.1 Å². The highest BCUT2D eigenvalue weighted by Gasteiger charge is 2.35. The number of aromatic nitrogens is 2. The number of carboxylic acid groups (broad SMARTS) is 1. The summed E-state index contributed by atoms with van der Waals surface area (Å²) in [7, 11) is 1.48. The second-order valence-electron chi connectivity index (χ2n) is 8.51. The average Bonchev–Trinajstić information content (AvgIpc) is 3.44. The molecule has 1 saturated carbocycles. The van der Waals surface area contributed by atoms with Crippen LogP contribution in [0.3, 0.4) is 0 Å². The van der Waals surface area contributed by atoms with E-state index in [9.17, 15) is 18.7 Å². The van der Waals surface area contributed by atoms with Crippen molar-refractivity contribution >= 4 is 16.9 Å². The van der Waals surface area contributed by atoms with Gasteiger partial charge in [0.1, 0.15) is 17.3 Å². The molecule has 5 rings (SSSR count). The van der Waals surface area contributed by atoms with E-state index in [-0.39, 0.29) is 17.8 Å². The van der Waals surface area contributed by atoms with E-state index in [4.69, 9.17) is 4.74 Å². The molecule has 5 nitrogen and oxygen atoms in total. The van der Waals surface area contributed by atoms with Crippen LogP contribution in [0.15, 0.2) is 54.7 Å². The summed E-state index contributed by atoms with van der Waals surface area (Å²) in [4.78, 5) is 16.8. The third-order valence-electron chi connectivity index (χ3n) is 6.41. The first-order valence-electron chi connectivity index (χ1n) is 10.7. The minimum Gasteiger partial charge on any atom is -0.481 e. The number of ether oxygens (including phenoxy) is 1. The fourth-order valence-corrected chi connectivity index (χ4v) is 4.61. The summed E-state index contributed by atoms with van der Waals surface area (Å²) in [5, 5.41) is 11.0. The predicted octanol–water partition coefficient (Wildman–Crippen LogP) is 5.86. The van der Waals surface area contributed by atoms with E-state index >= 15 is 0 Å². The van der Waals surface area contributed by atoms with E-state index in [1.807, 2.05) is 18.2 Å². The van der Waals surface area contributed by atoms with Crippen LogP contribution in [0.1, 0.15) is 40.9 Å². The van der Waals surface area contributed by atoms with Gasteiger partial charge in [0.2, 0.25) is 5.88 Å². The predicted molar refractivity (Wildman–Crippen MR) is 121 cm³/mol. The number of carboxylic acids is 1. The number of benzene rings is 2. The molecule has 2 heterocycles. The SMILES string of the molecule is COc1ncccc1-c1c(C(=O)O)n(Cc2ccc(F)cc2F)c2ccc([C@@H]3C[C@@H]3C)cc12. The topological polar surface area (TPSA) is 64.3 Å². The van der Waals surface area contributed by atoms with Crippen LogP contribution in [0.2, 0.25) is 0 Å². The number of halogens is 2. The van der Waals surface area contributed by atoms with Crippen LogP contribution >= 0.6 is 0 Å². The zero-order chi connectivity index (χ0) is 23.3. The van der Waals surface area contributed by atoms with Crippen molar-refractivity contribution in [3.63, 3.8) is 0 Å². The van der Waals surface area contributed by atoms with Crippen molar-refractivity contribution in [1.29, 1.82) is 0 Å². The number of fused-ring (bicyclic) bond motifs is 1. The maximum Gasteiger partial charge on any atom is 0.353 e. The summed E-state index contributed by atoms with van der Waals surface area (Å²) in [6, 6.07) is 12.7. The van der Waals surface area contributed by atoms with Crippen molar-refractivity contribution in [2.24, 2.45) is 5.92 Å². The molecule has 0 spiro atoms. The van der Waals surface area contributed by atoms with Gasteiger partial charge >= 0.3 is 5.97 Å². The molecule has 7 heteroatoms. The smallest absolute Gasteiger partial charge is 0.353 e. The lowest BCUT2D eigenvalue weighted by molar-refractivity contribution is 0.0687. The van der Waals surface area contributed by atoms with Crippen LogP contribution in [0.4, 0.5) is 8.78 Å². The van der Waals surface area contributed by atoms with Crippen LogP contribution in [0, 0.1) is 17.6 Å². The minimum atomic E-state index is -1.16. The van der Waals surface area contributed by atoms with Gasteiger partial charge < -0.3 is 14.4 Å². The molecule has 168 valence electrons. The Bertz CT molecular complexity index is 1400. The number of methoxy groups -OCH3 is 1. The number of aromatic carboxylic acids is 1. The molecule has 0 amide bonds. The van der Waals surface area contributed by atoms with E-state index in [0.29, 0.717) is 34.4 Å². The minimum absolute atomic E-state index is 0.000945. The molecule has 0 saturated heterocycles. The molecular formula is C26H22F2N2O3. The quantitative estimate of drug-likeness (QED) is 0.401. The zero-order valence-electron chi connectivity index (χ0n) is 18.2.